The van der Waals surface area contributed by atoms with Gasteiger partial charge < -0.3 is 15.0 Å². The van der Waals surface area contributed by atoms with Crippen molar-refractivity contribution in [3.63, 3.8) is 0 Å². The van der Waals surface area contributed by atoms with Crippen molar-refractivity contribution < 1.29 is 18.3 Å². The Kier molecular flexibility index (Phi) is 6.12. The molecule has 0 heterocycles. The lowest BCUT2D eigenvalue weighted by molar-refractivity contribution is -0.119. The average Bonchev–Trinajstić information content (AvgIpc) is 2.60. The third-order valence-electron chi connectivity index (χ3n) is 3.63. The van der Waals surface area contributed by atoms with Gasteiger partial charge in [-0.1, -0.05) is 12.1 Å². The fourth-order valence-corrected chi connectivity index (χ4v) is 2.24. The first-order valence-corrected chi connectivity index (χ1v) is 7.63. The van der Waals surface area contributed by atoms with Crippen LogP contribution in [0.25, 0.3) is 0 Å². The second-order valence-corrected chi connectivity index (χ2v) is 5.24. The van der Waals surface area contributed by atoms with E-state index >= 15 is 0 Å². The number of methoxy groups -OCH3 is 1. The van der Waals surface area contributed by atoms with Gasteiger partial charge in [-0.2, -0.15) is 0 Å². The van der Waals surface area contributed by atoms with E-state index in [9.17, 15) is 13.6 Å². The first kappa shape index (κ1) is 17.7. The van der Waals surface area contributed by atoms with Gasteiger partial charge >= 0.3 is 0 Å². The molecule has 2 aromatic rings. The predicted molar refractivity (Wildman–Crippen MR) is 89.1 cm³/mol. The molecule has 0 aliphatic heterocycles. The molecule has 1 N–H and O–H groups in total. The molecule has 2 aromatic carbocycles. The number of ether oxygens (including phenoxy) is 1. The number of amides is 1. The van der Waals surface area contributed by atoms with Crippen LogP contribution in [0.5, 0.6) is 5.75 Å². The third-order valence-corrected chi connectivity index (χ3v) is 3.63. The molecule has 0 aromatic heterocycles. The number of likely N-dealkylation sites (N-methyl/N-ethyl adjacent to an activating group) is 1. The molecule has 128 valence electrons. The Hall–Kier alpha value is -2.63. The lowest BCUT2D eigenvalue weighted by Gasteiger charge is -2.22. The summed E-state index contributed by atoms with van der Waals surface area (Å²) in [6.07, 6.45) is 0. The van der Waals surface area contributed by atoms with Gasteiger partial charge in [0.2, 0.25) is 5.91 Å². The standard InChI is InChI=1S/C18H20F2N2O2/c1-3-22(14-6-9-16(19)17(20)10-14)12-18(23)21-11-13-4-7-15(24-2)8-5-13/h4-10H,3,11-12H2,1-2H3,(H,21,23). The second-order valence-electron chi connectivity index (χ2n) is 5.24. The molecule has 0 aliphatic carbocycles. The summed E-state index contributed by atoms with van der Waals surface area (Å²) in [5, 5.41) is 2.81. The van der Waals surface area contributed by atoms with Crippen molar-refractivity contribution in [1.82, 2.24) is 5.32 Å². The normalized spacial score (nSPS) is 10.3. The van der Waals surface area contributed by atoms with Crippen molar-refractivity contribution in [3.8, 4) is 5.75 Å². The minimum Gasteiger partial charge on any atom is -0.497 e. The molecule has 1 amide bonds. The number of nitrogens with one attached hydrogen (secondary N) is 1. The fourth-order valence-electron chi connectivity index (χ4n) is 2.24. The van der Waals surface area contributed by atoms with Gasteiger partial charge in [-0.15, -0.1) is 0 Å². The zero-order valence-electron chi connectivity index (χ0n) is 13.7. The third kappa shape index (κ3) is 4.68. The summed E-state index contributed by atoms with van der Waals surface area (Å²) in [6, 6.07) is 11.0. The smallest absolute Gasteiger partial charge is 0.239 e. The molecular weight excluding hydrogens is 314 g/mol. The number of carbonyl (C=O) groups is 1. The molecule has 0 spiro atoms. The zero-order chi connectivity index (χ0) is 17.5. The van der Waals surface area contributed by atoms with Crippen LogP contribution in [0.1, 0.15) is 12.5 Å². The maximum atomic E-state index is 13.3. The van der Waals surface area contributed by atoms with Crippen molar-refractivity contribution in [1.29, 1.82) is 0 Å². The molecule has 0 bridgehead atoms. The van der Waals surface area contributed by atoms with Crippen molar-refractivity contribution >= 4 is 11.6 Å². The predicted octanol–water partition coefficient (Wildman–Crippen LogP) is 3.12. The van der Waals surface area contributed by atoms with Crippen molar-refractivity contribution in [3.05, 3.63) is 59.7 Å². The van der Waals surface area contributed by atoms with Crippen LogP contribution in [0.4, 0.5) is 14.5 Å². The number of benzene rings is 2. The van der Waals surface area contributed by atoms with Gasteiger partial charge in [0, 0.05) is 24.8 Å². The van der Waals surface area contributed by atoms with Gasteiger partial charge in [0.25, 0.3) is 0 Å². The number of nitrogens with zero attached hydrogens (tertiary/aromatic N) is 1. The van der Waals surface area contributed by atoms with Crippen molar-refractivity contribution in [2.24, 2.45) is 0 Å². The van der Waals surface area contributed by atoms with E-state index < -0.39 is 11.6 Å². The summed E-state index contributed by atoms with van der Waals surface area (Å²) in [7, 11) is 1.59. The highest BCUT2D eigenvalue weighted by molar-refractivity contribution is 5.81. The Balaban J connectivity index is 1.92. The highest BCUT2D eigenvalue weighted by Crippen LogP contribution is 2.17. The summed E-state index contributed by atoms with van der Waals surface area (Å²) in [6.45, 7) is 2.80. The minimum absolute atomic E-state index is 0.0672. The van der Waals surface area contributed by atoms with Crippen LogP contribution >= 0.6 is 0 Å². The van der Waals surface area contributed by atoms with E-state index in [-0.39, 0.29) is 12.5 Å². The van der Waals surface area contributed by atoms with E-state index in [1.165, 1.54) is 6.07 Å². The lowest BCUT2D eigenvalue weighted by atomic mass is 10.2. The molecule has 4 nitrogen and oxygen atoms in total. The minimum atomic E-state index is -0.926. The Morgan fingerprint density at radius 2 is 1.83 bits per heavy atom. The van der Waals surface area contributed by atoms with E-state index in [4.69, 9.17) is 4.74 Å². The maximum Gasteiger partial charge on any atom is 0.239 e. The van der Waals surface area contributed by atoms with Gasteiger partial charge in [-0.25, -0.2) is 8.78 Å². The van der Waals surface area contributed by atoms with Gasteiger partial charge in [0.05, 0.1) is 13.7 Å². The SMILES string of the molecule is CCN(CC(=O)NCc1ccc(OC)cc1)c1ccc(F)c(F)c1. The number of carbonyl (C=O) groups excluding carboxylic acids is 1. The van der Waals surface area contributed by atoms with Crippen LogP contribution in [0.15, 0.2) is 42.5 Å². The van der Waals surface area contributed by atoms with E-state index in [1.54, 1.807) is 12.0 Å². The monoisotopic (exact) mass is 334 g/mol. The lowest BCUT2D eigenvalue weighted by Crippen LogP contribution is -2.37. The number of hydrogen-bond acceptors (Lipinski definition) is 3. The quantitative estimate of drug-likeness (QED) is 0.846. The van der Waals surface area contributed by atoms with Gasteiger partial charge in [-0.3, -0.25) is 4.79 Å². The van der Waals surface area contributed by atoms with Crippen molar-refractivity contribution in [2.75, 3.05) is 25.1 Å². The first-order valence-electron chi connectivity index (χ1n) is 7.63. The number of rotatable bonds is 7. The zero-order valence-corrected chi connectivity index (χ0v) is 13.7. The van der Waals surface area contributed by atoms with Crippen LogP contribution in [0, 0.1) is 11.6 Å². The molecule has 0 aliphatic rings. The van der Waals surface area contributed by atoms with Crippen LogP contribution in [0.3, 0.4) is 0 Å². The number of anilines is 1. The van der Waals surface area contributed by atoms with Crippen LogP contribution < -0.4 is 15.0 Å². The van der Waals surface area contributed by atoms with Gasteiger partial charge in [-0.05, 0) is 36.8 Å². The molecular formula is C18H20F2N2O2. The Bertz CT molecular complexity index is 690. The number of hydrogen-bond donors (Lipinski definition) is 1. The molecule has 0 unspecified atom stereocenters. The Morgan fingerprint density at radius 1 is 1.12 bits per heavy atom. The highest BCUT2D eigenvalue weighted by Gasteiger charge is 2.12. The van der Waals surface area contributed by atoms with E-state index in [0.717, 1.165) is 23.4 Å². The topological polar surface area (TPSA) is 41.6 Å². The van der Waals surface area contributed by atoms with E-state index in [2.05, 4.69) is 5.32 Å². The summed E-state index contributed by atoms with van der Waals surface area (Å²) in [4.78, 5) is 13.8. The maximum absolute atomic E-state index is 13.3. The first-order chi connectivity index (χ1) is 11.5. The molecule has 0 fully saturated rings. The average molecular weight is 334 g/mol. The number of halogens is 2. The summed E-state index contributed by atoms with van der Waals surface area (Å²) in [5.41, 5.74) is 1.41. The molecule has 0 radical (unpaired) electrons. The molecule has 0 atom stereocenters. The van der Waals surface area contributed by atoms with Gasteiger partial charge in [0.15, 0.2) is 11.6 Å². The largest absolute Gasteiger partial charge is 0.497 e. The van der Waals surface area contributed by atoms with Crippen molar-refractivity contribution in [2.45, 2.75) is 13.5 Å². The summed E-state index contributed by atoms with van der Waals surface area (Å²) >= 11 is 0. The molecule has 2 rings (SSSR count). The Morgan fingerprint density at radius 3 is 2.42 bits per heavy atom. The fraction of sp³-hybridized carbons (Fsp3) is 0.278. The van der Waals surface area contributed by atoms with E-state index in [1.807, 2.05) is 31.2 Å². The van der Waals surface area contributed by atoms with Crippen LogP contribution in [-0.4, -0.2) is 26.1 Å². The van der Waals surface area contributed by atoms with Crippen LogP contribution in [0.2, 0.25) is 0 Å². The summed E-state index contributed by atoms with van der Waals surface area (Å²) in [5.74, 6) is -1.28. The molecule has 0 saturated heterocycles. The highest BCUT2D eigenvalue weighted by atomic mass is 19.2. The summed E-state index contributed by atoms with van der Waals surface area (Å²) < 4.78 is 31.4. The molecule has 0 saturated carbocycles. The molecule has 6 heteroatoms. The van der Waals surface area contributed by atoms with Gasteiger partial charge in [0.1, 0.15) is 5.75 Å². The Labute approximate surface area is 140 Å². The molecule has 24 heavy (non-hydrogen) atoms. The van der Waals surface area contributed by atoms with Crippen LogP contribution in [-0.2, 0) is 11.3 Å². The van der Waals surface area contributed by atoms with E-state index in [0.29, 0.717) is 18.8 Å². The second kappa shape index (κ2) is 8.29.